The lowest BCUT2D eigenvalue weighted by Gasteiger charge is -2.19. The molecule has 4 nitrogen and oxygen atoms in total. The van der Waals surface area contributed by atoms with Crippen LogP contribution in [-0.2, 0) is 4.79 Å². The van der Waals surface area contributed by atoms with E-state index in [-0.39, 0.29) is 12.5 Å². The Morgan fingerprint density at radius 3 is 1.27 bits per heavy atom. The Kier molecular flexibility index (Phi) is 44.4. The van der Waals surface area contributed by atoms with E-state index in [0.717, 1.165) is 57.8 Å². The molecular formula is C51H91NO3. The van der Waals surface area contributed by atoms with Gasteiger partial charge in [-0.3, -0.25) is 4.79 Å². The molecule has 0 aromatic carbocycles. The molecule has 0 rings (SSSR count). The van der Waals surface area contributed by atoms with E-state index in [1.165, 1.54) is 148 Å². The molecule has 0 aliphatic carbocycles. The number of carbonyl (C=O) groups is 1. The third kappa shape index (κ3) is 42.8. The average molecular weight is 766 g/mol. The molecular weight excluding hydrogens is 675 g/mol. The molecule has 3 N–H and O–H groups in total. The van der Waals surface area contributed by atoms with Crippen LogP contribution in [0.1, 0.15) is 226 Å². The second-order valence-electron chi connectivity index (χ2n) is 15.8. The molecule has 4 heteroatoms. The van der Waals surface area contributed by atoms with Crippen LogP contribution in [0, 0.1) is 0 Å². The van der Waals surface area contributed by atoms with Gasteiger partial charge in [0.2, 0.25) is 5.91 Å². The quantitative estimate of drug-likeness (QED) is 0.0428. The van der Waals surface area contributed by atoms with E-state index in [2.05, 4.69) is 79.9 Å². The Morgan fingerprint density at radius 1 is 0.455 bits per heavy atom. The number of aliphatic hydroxyl groups excluding tert-OH is 2. The standard InChI is InChI=1S/C51H91NO3/c1-3-5-7-9-11-13-14-15-16-17-18-19-20-21-22-23-24-25-26-27-28-29-30-31-32-33-34-35-36-37-38-39-41-43-45-47-51(55)52-49(48-53)50(54)46-44-42-40-12-10-8-6-4-2/h5,7,10-13,15-16,18-19,44,46,49-50,53-54H,3-4,6,8-9,14,17,20-43,45,47-48H2,1-2H3,(H,52,55)/b7-5-,12-10+,13-11-,16-15-,19-18-,46-44+. The lowest BCUT2D eigenvalue weighted by atomic mass is 10.0. The molecule has 2 unspecified atom stereocenters. The zero-order valence-electron chi connectivity index (χ0n) is 36.4. The molecule has 0 aromatic heterocycles. The van der Waals surface area contributed by atoms with Gasteiger partial charge in [-0.15, -0.1) is 0 Å². The number of hydrogen-bond donors (Lipinski definition) is 3. The highest BCUT2D eigenvalue weighted by Gasteiger charge is 2.17. The zero-order chi connectivity index (χ0) is 40.0. The first-order chi connectivity index (χ1) is 27.2. The summed E-state index contributed by atoms with van der Waals surface area (Å²) >= 11 is 0. The molecule has 0 fully saturated rings. The normalized spacial score (nSPS) is 13.6. The first-order valence-corrected chi connectivity index (χ1v) is 23.7. The fraction of sp³-hybridized carbons (Fsp3) is 0.745. The van der Waals surface area contributed by atoms with E-state index in [9.17, 15) is 15.0 Å². The predicted octanol–water partition coefficient (Wildman–Crippen LogP) is 15.1. The Balaban J connectivity index is 3.40. The van der Waals surface area contributed by atoms with Crippen molar-refractivity contribution in [3.8, 4) is 0 Å². The summed E-state index contributed by atoms with van der Waals surface area (Å²) in [6.45, 7) is 4.11. The van der Waals surface area contributed by atoms with E-state index in [0.29, 0.717) is 6.42 Å². The van der Waals surface area contributed by atoms with Crippen molar-refractivity contribution in [2.24, 2.45) is 0 Å². The van der Waals surface area contributed by atoms with Crippen LogP contribution in [0.15, 0.2) is 72.9 Å². The minimum absolute atomic E-state index is 0.0771. The second-order valence-corrected chi connectivity index (χ2v) is 15.8. The highest BCUT2D eigenvalue weighted by atomic mass is 16.3. The molecule has 0 aliphatic heterocycles. The number of allylic oxidation sites excluding steroid dienone is 11. The van der Waals surface area contributed by atoms with Gasteiger partial charge in [-0.2, -0.15) is 0 Å². The van der Waals surface area contributed by atoms with Crippen LogP contribution in [0.2, 0.25) is 0 Å². The summed E-state index contributed by atoms with van der Waals surface area (Å²) in [7, 11) is 0. The first-order valence-electron chi connectivity index (χ1n) is 23.7. The van der Waals surface area contributed by atoms with Crippen LogP contribution in [-0.4, -0.2) is 34.9 Å². The summed E-state index contributed by atoms with van der Waals surface area (Å²) in [5.41, 5.74) is 0. The maximum absolute atomic E-state index is 12.3. The van der Waals surface area contributed by atoms with E-state index in [1.54, 1.807) is 6.08 Å². The van der Waals surface area contributed by atoms with Gasteiger partial charge in [-0.05, 0) is 64.2 Å². The van der Waals surface area contributed by atoms with Crippen molar-refractivity contribution in [2.75, 3.05) is 6.61 Å². The monoisotopic (exact) mass is 766 g/mol. The van der Waals surface area contributed by atoms with Crippen molar-refractivity contribution in [3.63, 3.8) is 0 Å². The van der Waals surface area contributed by atoms with Crippen molar-refractivity contribution in [1.82, 2.24) is 5.32 Å². The minimum atomic E-state index is -0.859. The van der Waals surface area contributed by atoms with Gasteiger partial charge in [-0.25, -0.2) is 0 Å². The first kappa shape index (κ1) is 52.8. The van der Waals surface area contributed by atoms with Crippen LogP contribution in [0.4, 0.5) is 0 Å². The van der Waals surface area contributed by atoms with E-state index in [4.69, 9.17) is 0 Å². The summed E-state index contributed by atoms with van der Waals surface area (Å²) in [5, 5.41) is 22.8. The summed E-state index contributed by atoms with van der Waals surface area (Å²) in [5.74, 6) is -0.0771. The predicted molar refractivity (Wildman–Crippen MR) is 244 cm³/mol. The van der Waals surface area contributed by atoms with Crippen LogP contribution < -0.4 is 5.32 Å². The second kappa shape index (κ2) is 46.2. The molecule has 0 saturated carbocycles. The van der Waals surface area contributed by atoms with Gasteiger partial charge in [0.05, 0.1) is 18.8 Å². The lowest BCUT2D eigenvalue weighted by Crippen LogP contribution is -2.45. The zero-order valence-corrected chi connectivity index (χ0v) is 36.4. The Hall–Kier alpha value is -2.17. The highest BCUT2D eigenvalue weighted by Crippen LogP contribution is 2.16. The fourth-order valence-electron chi connectivity index (χ4n) is 6.82. The fourth-order valence-corrected chi connectivity index (χ4v) is 6.82. The van der Waals surface area contributed by atoms with Gasteiger partial charge in [0.15, 0.2) is 0 Å². The van der Waals surface area contributed by atoms with E-state index < -0.39 is 12.1 Å². The molecule has 0 radical (unpaired) electrons. The molecule has 0 aliphatic rings. The molecule has 55 heavy (non-hydrogen) atoms. The van der Waals surface area contributed by atoms with Gasteiger partial charge >= 0.3 is 0 Å². The van der Waals surface area contributed by atoms with Crippen LogP contribution in [0.3, 0.4) is 0 Å². The topological polar surface area (TPSA) is 69.6 Å². The summed E-state index contributed by atoms with van der Waals surface area (Å²) < 4.78 is 0. The molecule has 1 amide bonds. The number of nitrogens with one attached hydrogen (secondary N) is 1. The Bertz CT molecular complexity index is 961. The van der Waals surface area contributed by atoms with Crippen LogP contribution >= 0.6 is 0 Å². The van der Waals surface area contributed by atoms with Crippen molar-refractivity contribution in [2.45, 2.75) is 238 Å². The number of carbonyl (C=O) groups excluding carboxylic acids is 1. The number of amides is 1. The van der Waals surface area contributed by atoms with E-state index >= 15 is 0 Å². The molecule has 318 valence electrons. The molecule has 0 saturated heterocycles. The van der Waals surface area contributed by atoms with Gasteiger partial charge in [0.1, 0.15) is 0 Å². The molecule has 0 aromatic rings. The number of aliphatic hydroxyl groups is 2. The minimum Gasteiger partial charge on any atom is -0.394 e. The van der Waals surface area contributed by atoms with Gasteiger partial charge in [0.25, 0.3) is 0 Å². The third-order valence-corrected chi connectivity index (χ3v) is 10.4. The lowest BCUT2D eigenvalue weighted by molar-refractivity contribution is -0.123. The maximum Gasteiger partial charge on any atom is 0.220 e. The summed E-state index contributed by atoms with van der Waals surface area (Å²) in [4.78, 5) is 12.3. The van der Waals surface area contributed by atoms with Crippen LogP contribution in [0.5, 0.6) is 0 Å². The smallest absolute Gasteiger partial charge is 0.220 e. The number of hydrogen-bond acceptors (Lipinski definition) is 3. The summed E-state index contributed by atoms with van der Waals surface area (Å²) in [6, 6.07) is -0.636. The van der Waals surface area contributed by atoms with Crippen LogP contribution in [0.25, 0.3) is 0 Å². The van der Waals surface area contributed by atoms with Gasteiger partial charge < -0.3 is 15.5 Å². The Morgan fingerprint density at radius 2 is 0.818 bits per heavy atom. The molecule has 2 atom stereocenters. The van der Waals surface area contributed by atoms with Crippen molar-refractivity contribution in [3.05, 3.63) is 72.9 Å². The molecule has 0 spiro atoms. The van der Waals surface area contributed by atoms with Crippen molar-refractivity contribution in [1.29, 1.82) is 0 Å². The van der Waals surface area contributed by atoms with E-state index in [1.807, 2.05) is 6.08 Å². The number of rotatable bonds is 42. The Labute approximate surface area is 342 Å². The maximum atomic E-state index is 12.3. The number of unbranched alkanes of at least 4 members (excludes halogenated alkanes) is 25. The van der Waals surface area contributed by atoms with Crippen molar-refractivity contribution < 1.29 is 15.0 Å². The third-order valence-electron chi connectivity index (χ3n) is 10.4. The summed E-state index contributed by atoms with van der Waals surface area (Å²) in [6.07, 6.45) is 66.3. The van der Waals surface area contributed by atoms with Crippen molar-refractivity contribution >= 4 is 5.91 Å². The molecule has 0 bridgehead atoms. The van der Waals surface area contributed by atoms with Gasteiger partial charge in [0, 0.05) is 6.42 Å². The largest absolute Gasteiger partial charge is 0.394 e. The molecule has 0 heterocycles. The highest BCUT2D eigenvalue weighted by molar-refractivity contribution is 5.76. The van der Waals surface area contributed by atoms with Gasteiger partial charge in [-0.1, -0.05) is 228 Å². The SMILES string of the molecule is CC/C=C\C/C=C\C/C=C\C/C=C\CCCCCCCCCCCCCCCCCCCCCCCCC(=O)NC(CO)C(O)/C=C/CC/C=C/CCCC. The average Bonchev–Trinajstić information content (AvgIpc) is 3.19.